The van der Waals surface area contributed by atoms with Gasteiger partial charge in [0.25, 0.3) is 5.91 Å². The number of aromatic nitrogens is 2. The van der Waals surface area contributed by atoms with Gasteiger partial charge in [-0.25, -0.2) is 0 Å². The third-order valence-electron chi connectivity index (χ3n) is 2.84. The summed E-state index contributed by atoms with van der Waals surface area (Å²) in [6, 6.07) is 1.60. The van der Waals surface area contributed by atoms with Crippen molar-refractivity contribution in [1.29, 1.82) is 0 Å². The Balaban J connectivity index is 2.14. The molecule has 0 aromatic carbocycles. The van der Waals surface area contributed by atoms with Gasteiger partial charge < -0.3 is 15.4 Å². The number of aryl methyl sites for hydroxylation is 1. The largest absolute Gasteiger partial charge is 0.384 e. The number of ether oxygens (including phenoxy) is 1. The van der Waals surface area contributed by atoms with Gasteiger partial charge in [-0.05, 0) is 13.8 Å². The molecule has 2 heterocycles. The van der Waals surface area contributed by atoms with Crippen LogP contribution in [0, 0.1) is 0 Å². The molecule has 1 fully saturated rings. The van der Waals surface area contributed by atoms with Crippen LogP contribution in [0.4, 0.5) is 5.82 Å². The molecule has 1 saturated heterocycles. The van der Waals surface area contributed by atoms with Crippen molar-refractivity contribution in [3.05, 3.63) is 11.8 Å². The summed E-state index contributed by atoms with van der Waals surface area (Å²) < 4.78 is 7.09. The van der Waals surface area contributed by atoms with E-state index < -0.39 is 0 Å². The van der Waals surface area contributed by atoms with Gasteiger partial charge in [0.05, 0.1) is 12.2 Å². The van der Waals surface area contributed by atoms with E-state index in [9.17, 15) is 4.79 Å². The molecule has 0 saturated carbocycles. The Bertz CT molecular complexity index is 400. The molecular formula is C11H18N4O2. The van der Waals surface area contributed by atoms with Crippen LogP contribution in [0.1, 0.15) is 24.3 Å². The number of anilines is 1. The van der Waals surface area contributed by atoms with E-state index in [0.29, 0.717) is 24.6 Å². The van der Waals surface area contributed by atoms with Crippen LogP contribution in [0.3, 0.4) is 0 Å². The predicted octanol–water partition coefficient (Wildman–Crippen LogP) is 0.252. The van der Waals surface area contributed by atoms with E-state index in [2.05, 4.69) is 5.10 Å². The van der Waals surface area contributed by atoms with Crippen LogP contribution in [0.5, 0.6) is 0 Å². The molecule has 1 aliphatic heterocycles. The zero-order valence-electron chi connectivity index (χ0n) is 10.4. The Hall–Kier alpha value is -1.56. The van der Waals surface area contributed by atoms with E-state index in [1.807, 2.05) is 13.8 Å². The first kappa shape index (κ1) is 11.9. The molecular weight excluding hydrogens is 220 g/mol. The number of carbonyl (C=O) groups is 1. The number of rotatable bonds is 1. The molecule has 2 N–H and O–H groups in total. The lowest BCUT2D eigenvalue weighted by atomic mass is 10.2. The topological polar surface area (TPSA) is 73.4 Å². The number of morpholine rings is 1. The number of nitrogens with zero attached hydrogens (tertiary/aromatic N) is 3. The second-order valence-electron chi connectivity index (χ2n) is 4.55. The summed E-state index contributed by atoms with van der Waals surface area (Å²) in [7, 11) is 1.72. The summed E-state index contributed by atoms with van der Waals surface area (Å²) in [5.41, 5.74) is 6.06. The lowest BCUT2D eigenvalue weighted by Crippen LogP contribution is -2.48. The first-order valence-corrected chi connectivity index (χ1v) is 5.71. The van der Waals surface area contributed by atoms with Crippen LogP contribution in [-0.2, 0) is 11.8 Å². The van der Waals surface area contributed by atoms with Gasteiger partial charge >= 0.3 is 0 Å². The Morgan fingerprint density at radius 1 is 1.47 bits per heavy atom. The van der Waals surface area contributed by atoms with Gasteiger partial charge in [-0.2, -0.15) is 5.10 Å². The minimum atomic E-state index is -0.0840. The first-order valence-electron chi connectivity index (χ1n) is 5.71. The van der Waals surface area contributed by atoms with Crippen molar-refractivity contribution in [2.45, 2.75) is 26.1 Å². The van der Waals surface area contributed by atoms with E-state index >= 15 is 0 Å². The first-order chi connectivity index (χ1) is 7.97. The molecule has 1 aromatic rings. The van der Waals surface area contributed by atoms with E-state index in [-0.39, 0.29) is 18.1 Å². The van der Waals surface area contributed by atoms with Crippen LogP contribution in [0.15, 0.2) is 6.07 Å². The number of hydrogen-bond donors (Lipinski definition) is 1. The van der Waals surface area contributed by atoms with Crippen LogP contribution >= 0.6 is 0 Å². The zero-order valence-corrected chi connectivity index (χ0v) is 10.4. The van der Waals surface area contributed by atoms with Gasteiger partial charge in [0.1, 0.15) is 5.82 Å². The van der Waals surface area contributed by atoms with Crippen molar-refractivity contribution in [3.8, 4) is 0 Å². The fourth-order valence-electron chi connectivity index (χ4n) is 2.09. The van der Waals surface area contributed by atoms with Gasteiger partial charge in [-0.1, -0.05) is 0 Å². The molecule has 2 rings (SSSR count). The molecule has 0 aliphatic carbocycles. The van der Waals surface area contributed by atoms with Crippen molar-refractivity contribution in [1.82, 2.24) is 14.7 Å². The third kappa shape index (κ3) is 2.41. The van der Waals surface area contributed by atoms with Crippen molar-refractivity contribution in [2.75, 3.05) is 18.8 Å². The van der Waals surface area contributed by atoms with Gasteiger partial charge in [0.2, 0.25) is 0 Å². The zero-order chi connectivity index (χ0) is 12.6. The van der Waals surface area contributed by atoms with Crippen molar-refractivity contribution in [2.24, 2.45) is 7.05 Å². The summed E-state index contributed by atoms with van der Waals surface area (Å²) in [6.07, 6.45) is 0.118. The van der Waals surface area contributed by atoms with Gasteiger partial charge in [0, 0.05) is 26.2 Å². The monoisotopic (exact) mass is 238 g/mol. The maximum absolute atomic E-state index is 12.2. The molecule has 6 nitrogen and oxygen atoms in total. The molecule has 0 spiro atoms. The minimum absolute atomic E-state index is 0.0590. The highest BCUT2D eigenvalue weighted by Crippen LogP contribution is 2.14. The quantitative estimate of drug-likeness (QED) is 0.761. The fraction of sp³-hybridized carbons (Fsp3) is 0.636. The highest BCUT2D eigenvalue weighted by Gasteiger charge is 2.27. The molecule has 0 radical (unpaired) electrons. The summed E-state index contributed by atoms with van der Waals surface area (Å²) in [4.78, 5) is 14.0. The summed E-state index contributed by atoms with van der Waals surface area (Å²) in [5.74, 6) is 0.405. The fourth-order valence-corrected chi connectivity index (χ4v) is 2.09. The van der Waals surface area contributed by atoms with Crippen molar-refractivity contribution >= 4 is 11.7 Å². The second kappa shape index (κ2) is 4.37. The third-order valence-corrected chi connectivity index (χ3v) is 2.84. The number of nitrogens with two attached hydrogens (primary N) is 1. The summed E-state index contributed by atoms with van der Waals surface area (Å²) >= 11 is 0. The molecule has 0 bridgehead atoms. The Morgan fingerprint density at radius 3 is 2.53 bits per heavy atom. The highest BCUT2D eigenvalue weighted by molar-refractivity contribution is 5.93. The second-order valence-corrected chi connectivity index (χ2v) is 4.55. The van der Waals surface area contributed by atoms with Crippen LogP contribution in [-0.4, -0.2) is 45.9 Å². The molecule has 2 atom stereocenters. The molecule has 1 aromatic heterocycles. The average molecular weight is 238 g/mol. The van der Waals surface area contributed by atoms with Gasteiger partial charge in [-0.3, -0.25) is 9.48 Å². The number of carbonyl (C=O) groups excluding carboxylic acids is 1. The standard InChI is InChI=1S/C11H18N4O2/c1-7-5-15(6-8(2)17-7)11(16)9-4-10(12)14(3)13-9/h4,7-8H,5-6,12H2,1-3H3/t7-,8+. The lowest BCUT2D eigenvalue weighted by Gasteiger charge is -2.34. The molecule has 17 heavy (non-hydrogen) atoms. The van der Waals surface area contributed by atoms with Gasteiger partial charge in [0.15, 0.2) is 5.69 Å². The number of amides is 1. The SMILES string of the molecule is C[C@@H]1CN(C(=O)c2cc(N)n(C)n2)C[C@H](C)O1. The van der Waals surface area contributed by atoms with Gasteiger partial charge in [-0.15, -0.1) is 0 Å². The number of hydrogen-bond acceptors (Lipinski definition) is 4. The number of nitrogen functional groups attached to an aromatic ring is 1. The van der Waals surface area contributed by atoms with Crippen molar-refractivity contribution in [3.63, 3.8) is 0 Å². The minimum Gasteiger partial charge on any atom is -0.384 e. The Morgan fingerprint density at radius 2 is 2.06 bits per heavy atom. The normalized spacial score (nSPS) is 25.0. The maximum atomic E-state index is 12.2. The van der Waals surface area contributed by atoms with Crippen LogP contribution in [0.25, 0.3) is 0 Å². The van der Waals surface area contributed by atoms with E-state index in [4.69, 9.17) is 10.5 Å². The lowest BCUT2D eigenvalue weighted by molar-refractivity contribution is -0.0587. The molecule has 6 heteroatoms. The smallest absolute Gasteiger partial charge is 0.274 e. The summed E-state index contributed by atoms with van der Waals surface area (Å²) in [5, 5.41) is 4.10. The highest BCUT2D eigenvalue weighted by atomic mass is 16.5. The van der Waals surface area contributed by atoms with Crippen molar-refractivity contribution < 1.29 is 9.53 Å². The molecule has 0 unspecified atom stereocenters. The van der Waals surface area contributed by atoms with Crippen LogP contribution < -0.4 is 5.73 Å². The van der Waals surface area contributed by atoms with E-state index in [1.54, 1.807) is 18.0 Å². The molecule has 94 valence electrons. The molecule has 1 aliphatic rings. The predicted molar refractivity (Wildman–Crippen MR) is 63.5 cm³/mol. The van der Waals surface area contributed by atoms with E-state index in [0.717, 1.165) is 0 Å². The summed E-state index contributed by atoms with van der Waals surface area (Å²) in [6.45, 7) is 5.12. The maximum Gasteiger partial charge on any atom is 0.274 e. The average Bonchev–Trinajstić information content (AvgIpc) is 2.57. The Kier molecular flexibility index (Phi) is 3.06. The van der Waals surface area contributed by atoms with Crippen LogP contribution in [0.2, 0.25) is 0 Å². The molecule has 1 amide bonds. The Labute approximate surface area is 100 Å². The van der Waals surface area contributed by atoms with E-state index in [1.165, 1.54) is 4.68 Å².